The molecule has 17 heavy (non-hydrogen) atoms. The van der Waals surface area contributed by atoms with Gasteiger partial charge in [-0.1, -0.05) is 4.57 Å². The zero-order valence-corrected chi connectivity index (χ0v) is 10.2. The third-order valence-corrected chi connectivity index (χ3v) is 2.40. The van der Waals surface area contributed by atoms with Crippen molar-refractivity contribution in [2.45, 2.75) is 19.0 Å². The molecule has 0 radical (unpaired) electrons. The van der Waals surface area contributed by atoms with E-state index in [2.05, 4.69) is 5.32 Å². The van der Waals surface area contributed by atoms with Crippen LogP contribution in [0.5, 0.6) is 0 Å². The molecule has 1 atom stereocenters. The summed E-state index contributed by atoms with van der Waals surface area (Å²) >= 11 is 0. The molecule has 1 unspecified atom stereocenters. The van der Waals surface area contributed by atoms with Crippen LogP contribution in [0.3, 0.4) is 0 Å². The minimum atomic E-state index is -4.29. The van der Waals surface area contributed by atoms with Crippen molar-refractivity contribution in [1.82, 2.24) is 10.4 Å². The highest BCUT2D eigenvalue weighted by molar-refractivity contribution is 7.43. The predicted octanol–water partition coefficient (Wildman–Crippen LogP) is 1.55. The molecular formula is C8H15F3N2O3P+. The molecule has 0 saturated carbocycles. The average molecular weight is 275 g/mol. The van der Waals surface area contributed by atoms with Gasteiger partial charge in [0, 0.05) is 13.0 Å². The van der Waals surface area contributed by atoms with Crippen molar-refractivity contribution in [3.05, 3.63) is 0 Å². The number of halogens is 3. The van der Waals surface area contributed by atoms with Crippen LogP contribution in [0.15, 0.2) is 0 Å². The zero-order valence-electron chi connectivity index (χ0n) is 9.33. The molecule has 5 nitrogen and oxygen atoms in total. The Morgan fingerprint density at radius 3 is 2.53 bits per heavy atom. The maximum absolute atomic E-state index is 11.8. The van der Waals surface area contributed by atoms with Crippen molar-refractivity contribution in [3.8, 4) is 0 Å². The molecule has 0 aliphatic carbocycles. The maximum Gasteiger partial charge on any atom is 0.389 e. The van der Waals surface area contributed by atoms with Crippen LogP contribution in [-0.4, -0.2) is 48.4 Å². The van der Waals surface area contributed by atoms with Gasteiger partial charge in [-0.3, -0.25) is 15.3 Å². The second-order valence-corrected chi connectivity index (χ2v) is 5.02. The highest BCUT2D eigenvalue weighted by Crippen LogP contribution is 2.21. The molecule has 0 rings (SSSR count). The Morgan fingerprint density at radius 2 is 2.06 bits per heavy atom. The summed E-state index contributed by atoms with van der Waals surface area (Å²) in [5.41, 5.74) is 0. The molecule has 9 heteroatoms. The molecule has 0 aromatic carbocycles. The Hall–Kier alpha value is -0.720. The van der Waals surface area contributed by atoms with Gasteiger partial charge in [0.2, 0.25) is 0 Å². The number of hydrogen-bond acceptors (Lipinski definition) is 4. The van der Waals surface area contributed by atoms with Crippen LogP contribution in [0, 0.1) is 0 Å². The van der Waals surface area contributed by atoms with Crippen LogP contribution < -0.4 is 5.32 Å². The number of hydroxylamine groups is 2. The quantitative estimate of drug-likeness (QED) is 0.420. The molecule has 2 N–H and O–H groups in total. The van der Waals surface area contributed by atoms with E-state index in [1.807, 2.05) is 0 Å². The molecule has 0 fully saturated rings. The fourth-order valence-electron chi connectivity index (χ4n) is 0.966. The lowest BCUT2D eigenvalue weighted by molar-refractivity contribution is -0.169. The number of hydrogen-bond donors (Lipinski definition) is 2. The summed E-state index contributed by atoms with van der Waals surface area (Å²) in [4.78, 5) is 11.1. The van der Waals surface area contributed by atoms with Gasteiger partial charge in [0.25, 0.3) is 5.91 Å². The van der Waals surface area contributed by atoms with E-state index in [9.17, 15) is 22.5 Å². The number of rotatable bonds is 7. The van der Waals surface area contributed by atoms with Crippen molar-refractivity contribution in [3.63, 3.8) is 0 Å². The second-order valence-electron chi connectivity index (χ2n) is 3.45. The van der Waals surface area contributed by atoms with Crippen LogP contribution in [0.4, 0.5) is 13.2 Å². The Kier molecular flexibility index (Phi) is 7.26. The fraction of sp³-hybridized carbons (Fsp3) is 0.875. The standard InChI is InChI=1S/C8H15F3N2O3P/c1-17(16)6-12-5-7(14)13(15)4-2-3-8(9,10)11/h12,15H,2-6H2,1H3/q+1. The van der Waals surface area contributed by atoms with Crippen LogP contribution in [-0.2, 0) is 9.36 Å². The minimum Gasteiger partial charge on any atom is -0.286 e. The summed E-state index contributed by atoms with van der Waals surface area (Å²) in [6, 6.07) is 0. The summed E-state index contributed by atoms with van der Waals surface area (Å²) < 4.78 is 46.0. The molecular weight excluding hydrogens is 260 g/mol. The summed E-state index contributed by atoms with van der Waals surface area (Å²) in [7, 11) is -1.44. The minimum absolute atomic E-state index is 0.122. The topological polar surface area (TPSA) is 69.6 Å². The largest absolute Gasteiger partial charge is 0.389 e. The van der Waals surface area contributed by atoms with Gasteiger partial charge in [0.05, 0.1) is 6.54 Å². The fourth-order valence-corrected chi connectivity index (χ4v) is 1.39. The van der Waals surface area contributed by atoms with E-state index in [1.54, 1.807) is 0 Å². The van der Waals surface area contributed by atoms with Gasteiger partial charge in [-0.2, -0.15) is 13.2 Å². The number of nitrogens with one attached hydrogen (secondary N) is 1. The predicted molar refractivity (Wildman–Crippen MR) is 55.2 cm³/mol. The van der Waals surface area contributed by atoms with Crippen LogP contribution in [0.1, 0.15) is 12.8 Å². The van der Waals surface area contributed by atoms with Crippen molar-refractivity contribution >= 4 is 13.7 Å². The number of alkyl halides is 3. The first-order chi connectivity index (χ1) is 7.72. The van der Waals surface area contributed by atoms with E-state index in [0.717, 1.165) is 0 Å². The van der Waals surface area contributed by atoms with Gasteiger partial charge in [-0.05, 0) is 6.42 Å². The van der Waals surface area contributed by atoms with E-state index in [4.69, 9.17) is 5.21 Å². The Morgan fingerprint density at radius 1 is 1.47 bits per heavy atom. The van der Waals surface area contributed by atoms with E-state index >= 15 is 0 Å². The SMILES string of the molecule is C[P+](=O)CNCC(=O)N(O)CCCC(F)(F)F. The first-order valence-electron chi connectivity index (χ1n) is 4.87. The van der Waals surface area contributed by atoms with E-state index in [-0.39, 0.29) is 30.9 Å². The number of carbonyl (C=O) groups is 1. The van der Waals surface area contributed by atoms with Crippen molar-refractivity contribution in [1.29, 1.82) is 0 Å². The molecule has 0 heterocycles. The molecule has 0 spiro atoms. The highest BCUT2D eigenvalue weighted by atomic mass is 31.1. The first-order valence-corrected chi connectivity index (χ1v) is 6.76. The molecule has 0 saturated heterocycles. The molecule has 0 aromatic heterocycles. The van der Waals surface area contributed by atoms with Gasteiger partial charge in [-0.15, -0.1) is 0 Å². The third-order valence-electron chi connectivity index (χ3n) is 1.73. The van der Waals surface area contributed by atoms with Gasteiger partial charge < -0.3 is 0 Å². The number of carbonyl (C=O) groups excluding carboxylic acids is 1. The lowest BCUT2D eigenvalue weighted by atomic mass is 10.3. The smallest absolute Gasteiger partial charge is 0.286 e. The van der Waals surface area contributed by atoms with Crippen LogP contribution in [0.2, 0.25) is 0 Å². The molecule has 0 aromatic rings. The highest BCUT2D eigenvalue weighted by Gasteiger charge is 2.26. The summed E-state index contributed by atoms with van der Waals surface area (Å²) in [5, 5.41) is 11.8. The Bertz CT molecular complexity index is 273. The summed E-state index contributed by atoms with van der Waals surface area (Å²) in [5.74, 6) is -0.746. The molecule has 100 valence electrons. The molecule has 0 bridgehead atoms. The van der Waals surface area contributed by atoms with Gasteiger partial charge in [0.1, 0.15) is 6.66 Å². The first kappa shape index (κ1) is 16.3. The van der Waals surface area contributed by atoms with Gasteiger partial charge in [-0.25, -0.2) is 5.06 Å². The normalized spacial score (nSPS) is 12.4. The van der Waals surface area contributed by atoms with E-state index in [0.29, 0.717) is 0 Å². The van der Waals surface area contributed by atoms with Gasteiger partial charge in [0.15, 0.2) is 6.29 Å². The number of nitrogens with zero attached hydrogens (tertiary/aromatic N) is 1. The van der Waals surface area contributed by atoms with Crippen molar-refractivity contribution in [2.75, 3.05) is 26.0 Å². The third kappa shape index (κ3) is 10.2. The second kappa shape index (κ2) is 7.58. The lowest BCUT2D eigenvalue weighted by Gasteiger charge is -2.15. The van der Waals surface area contributed by atoms with Gasteiger partial charge >= 0.3 is 14.0 Å². The lowest BCUT2D eigenvalue weighted by Crippen LogP contribution is -2.36. The maximum atomic E-state index is 11.8. The average Bonchev–Trinajstić information content (AvgIpc) is 2.14. The monoisotopic (exact) mass is 275 g/mol. The molecule has 0 aliphatic rings. The zero-order chi connectivity index (χ0) is 13.5. The Balaban J connectivity index is 3.71. The number of amides is 1. The Labute approximate surface area is 97.7 Å². The molecule has 0 aliphatic heterocycles. The van der Waals surface area contributed by atoms with Crippen LogP contribution >= 0.6 is 7.80 Å². The molecule has 1 amide bonds. The summed E-state index contributed by atoms with van der Waals surface area (Å²) in [6.45, 7) is 0.836. The van der Waals surface area contributed by atoms with E-state index in [1.165, 1.54) is 6.66 Å². The van der Waals surface area contributed by atoms with Crippen molar-refractivity contribution < 1.29 is 27.7 Å². The van der Waals surface area contributed by atoms with Crippen molar-refractivity contribution in [2.24, 2.45) is 0 Å². The van der Waals surface area contributed by atoms with Crippen LogP contribution in [0.25, 0.3) is 0 Å². The summed E-state index contributed by atoms with van der Waals surface area (Å²) in [6.07, 6.45) is -5.57. The van der Waals surface area contributed by atoms with E-state index < -0.39 is 26.3 Å².